The van der Waals surface area contributed by atoms with Gasteiger partial charge < -0.3 is 0 Å². The van der Waals surface area contributed by atoms with Gasteiger partial charge in [0.2, 0.25) is 0 Å². The molecule has 11 heavy (non-hydrogen) atoms. The summed E-state index contributed by atoms with van der Waals surface area (Å²) in [5, 5.41) is 0. The van der Waals surface area contributed by atoms with Gasteiger partial charge in [-0.3, -0.25) is 0 Å². The highest BCUT2D eigenvalue weighted by atomic mass is 14.3. The summed E-state index contributed by atoms with van der Waals surface area (Å²) < 4.78 is 0. The summed E-state index contributed by atoms with van der Waals surface area (Å²) in [5.74, 6) is 0.738. The second-order valence-electron chi connectivity index (χ2n) is 4.16. The number of allylic oxidation sites excluding steroid dienone is 4. The highest BCUT2D eigenvalue weighted by Crippen LogP contribution is 2.36. The molecule has 0 heterocycles. The van der Waals surface area contributed by atoms with Gasteiger partial charge in [-0.2, -0.15) is 0 Å². The fraction of sp³-hybridized carbons (Fsp3) is 0.636. The molecule has 0 nitrogen and oxygen atoms in total. The van der Waals surface area contributed by atoms with Gasteiger partial charge in [-0.25, -0.2) is 0 Å². The second kappa shape index (κ2) is 2.84. The van der Waals surface area contributed by atoms with Crippen molar-refractivity contribution in [2.75, 3.05) is 0 Å². The Labute approximate surface area is 70.0 Å². The van der Waals surface area contributed by atoms with E-state index in [0.29, 0.717) is 5.41 Å². The van der Waals surface area contributed by atoms with Crippen molar-refractivity contribution in [3.8, 4) is 0 Å². The molecule has 1 rings (SSSR count). The van der Waals surface area contributed by atoms with Gasteiger partial charge in [-0.15, -0.1) is 0 Å². The van der Waals surface area contributed by atoms with E-state index >= 15 is 0 Å². The first kappa shape index (κ1) is 8.58. The Hall–Kier alpha value is -0.520. The van der Waals surface area contributed by atoms with Crippen molar-refractivity contribution in [3.63, 3.8) is 0 Å². The molecule has 0 aromatic carbocycles. The molecule has 1 aliphatic carbocycles. The summed E-state index contributed by atoms with van der Waals surface area (Å²) >= 11 is 0. The molecule has 0 aromatic heterocycles. The van der Waals surface area contributed by atoms with Crippen molar-refractivity contribution in [1.29, 1.82) is 0 Å². The number of rotatable bonds is 1. The molecule has 0 heteroatoms. The molecule has 0 radical (unpaired) electrons. The molecule has 0 fully saturated rings. The van der Waals surface area contributed by atoms with Gasteiger partial charge in [0, 0.05) is 0 Å². The van der Waals surface area contributed by atoms with Crippen molar-refractivity contribution < 1.29 is 0 Å². The fourth-order valence-corrected chi connectivity index (χ4v) is 1.53. The van der Waals surface area contributed by atoms with Crippen molar-refractivity contribution in [2.45, 2.75) is 34.1 Å². The third kappa shape index (κ3) is 1.74. The van der Waals surface area contributed by atoms with Gasteiger partial charge in [-0.05, 0) is 24.7 Å². The molecular weight excluding hydrogens is 132 g/mol. The largest absolute Gasteiger partial charge is 0.0834 e. The minimum Gasteiger partial charge on any atom is -0.0834 e. The van der Waals surface area contributed by atoms with Gasteiger partial charge >= 0.3 is 0 Å². The Morgan fingerprint density at radius 2 is 2.09 bits per heavy atom. The number of hydrogen-bond donors (Lipinski definition) is 0. The van der Waals surface area contributed by atoms with Gasteiger partial charge in [0.25, 0.3) is 0 Å². The zero-order valence-corrected chi connectivity index (χ0v) is 8.02. The normalized spacial score (nSPS) is 30.8. The van der Waals surface area contributed by atoms with Crippen LogP contribution in [0, 0.1) is 11.3 Å². The van der Waals surface area contributed by atoms with E-state index < -0.39 is 0 Å². The Morgan fingerprint density at radius 3 is 2.45 bits per heavy atom. The zero-order valence-electron chi connectivity index (χ0n) is 8.02. The van der Waals surface area contributed by atoms with Crippen LogP contribution in [0.2, 0.25) is 0 Å². The molecule has 0 saturated heterocycles. The lowest BCUT2D eigenvalue weighted by Crippen LogP contribution is -2.21. The Morgan fingerprint density at radius 1 is 1.45 bits per heavy atom. The molecule has 1 aliphatic rings. The van der Waals surface area contributed by atoms with E-state index in [4.69, 9.17) is 0 Å². The van der Waals surface area contributed by atoms with Crippen LogP contribution in [-0.2, 0) is 0 Å². The summed E-state index contributed by atoms with van der Waals surface area (Å²) in [6, 6.07) is 0. The topological polar surface area (TPSA) is 0 Å². The minimum absolute atomic E-state index is 0.402. The standard InChI is InChI=1S/C11H18/c1-9(2)11(4)7-5-6-10(3)8-11/h5-6,8-9H,7H2,1-4H3. The van der Waals surface area contributed by atoms with Crippen LogP contribution >= 0.6 is 0 Å². The first-order valence-electron chi connectivity index (χ1n) is 4.40. The molecule has 0 aromatic rings. The van der Waals surface area contributed by atoms with E-state index in [1.807, 2.05) is 0 Å². The van der Waals surface area contributed by atoms with E-state index in [1.54, 1.807) is 0 Å². The van der Waals surface area contributed by atoms with Crippen molar-refractivity contribution in [1.82, 2.24) is 0 Å². The lowest BCUT2D eigenvalue weighted by atomic mass is 9.73. The zero-order chi connectivity index (χ0) is 8.48. The van der Waals surface area contributed by atoms with Crippen LogP contribution in [0.1, 0.15) is 34.1 Å². The van der Waals surface area contributed by atoms with E-state index in [-0.39, 0.29) is 0 Å². The monoisotopic (exact) mass is 150 g/mol. The first-order chi connectivity index (χ1) is 5.04. The van der Waals surface area contributed by atoms with Gasteiger partial charge in [0.05, 0.1) is 0 Å². The summed E-state index contributed by atoms with van der Waals surface area (Å²) in [4.78, 5) is 0. The summed E-state index contributed by atoms with van der Waals surface area (Å²) in [6.45, 7) is 9.10. The average Bonchev–Trinajstić information content (AvgIpc) is 1.86. The van der Waals surface area contributed by atoms with Crippen LogP contribution in [0.15, 0.2) is 23.8 Å². The maximum atomic E-state index is 2.40. The van der Waals surface area contributed by atoms with E-state index in [2.05, 4.69) is 45.9 Å². The Bertz CT molecular complexity index is 196. The SMILES string of the molecule is CC1=CC(C)(C(C)C)CC=C1. The smallest absolute Gasteiger partial charge is 0.00833 e. The molecule has 0 saturated carbocycles. The van der Waals surface area contributed by atoms with Crippen molar-refractivity contribution in [2.24, 2.45) is 11.3 Å². The van der Waals surface area contributed by atoms with Crippen LogP contribution in [0.25, 0.3) is 0 Å². The average molecular weight is 150 g/mol. The second-order valence-corrected chi connectivity index (χ2v) is 4.16. The highest BCUT2D eigenvalue weighted by molar-refractivity contribution is 5.25. The molecule has 0 spiro atoms. The lowest BCUT2D eigenvalue weighted by Gasteiger charge is -2.32. The van der Waals surface area contributed by atoms with Crippen LogP contribution in [0.3, 0.4) is 0 Å². The summed E-state index contributed by atoms with van der Waals surface area (Å²) in [7, 11) is 0. The van der Waals surface area contributed by atoms with E-state index in [9.17, 15) is 0 Å². The minimum atomic E-state index is 0.402. The van der Waals surface area contributed by atoms with Crippen molar-refractivity contribution >= 4 is 0 Å². The first-order valence-corrected chi connectivity index (χ1v) is 4.40. The van der Waals surface area contributed by atoms with Gasteiger partial charge in [0.15, 0.2) is 0 Å². The van der Waals surface area contributed by atoms with Gasteiger partial charge in [0.1, 0.15) is 0 Å². The maximum absolute atomic E-state index is 2.40. The van der Waals surface area contributed by atoms with E-state index in [0.717, 1.165) is 5.92 Å². The molecule has 0 bridgehead atoms. The van der Waals surface area contributed by atoms with Gasteiger partial charge in [-0.1, -0.05) is 44.6 Å². The highest BCUT2D eigenvalue weighted by Gasteiger charge is 2.25. The Balaban J connectivity index is 2.83. The predicted octanol–water partition coefficient (Wildman–Crippen LogP) is 3.55. The third-order valence-corrected chi connectivity index (χ3v) is 2.81. The Kier molecular flexibility index (Phi) is 2.22. The summed E-state index contributed by atoms with van der Waals surface area (Å²) in [5.41, 5.74) is 1.81. The van der Waals surface area contributed by atoms with Crippen LogP contribution < -0.4 is 0 Å². The molecule has 0 N–H and O–H groups in total. The molecule has 62 valence electrons. The van der Waals surface area contributed by atoms with Crippen LogP contribution in [0.5, 0.6) is 0 Å². The molecule has 0 aliphatic heterocycles. The molecule has 0 amide bonds. The quantitative estimate of drug-likeness (QED) is 0.536. The molecule has 1 atom stereocenters. The lowest BCUT2D eigenvalue weighted by molar-refractivity contribution is 0.297. The van der Waals surface area contributed by atoms with Crippen molar-refractivity contribution in [3.05, 3.63) is 23.8 Å². The predicted molar refractivity (Wildman–Crippen MR) is 50.5 cm³/mol. The van der Waals surface area contributed by atoms with E-state index in [1.165, 1.54) is 12.0 Å². The third-order valence-electron chi connectivity index (χ3n) is 2.81. The summed E-state index contributed by atoms with van der Waals surface area (Å²) in [6.07, 6.45) is 8.10. The fourth-order valence-electron chi connectivity index (χ4n) is 1.53. The van der Waals surface area contributed by atoms with Crippen LogP contribution in [-0.4, -0.2) is 0 Å². The number of hydrogen-bond acceptors (Lipinski definition) is 0. The maximum Gasteiger partial charge on any atom is -0.00833 e. The molecular formula is C11H18. The molecule has 1 unspecified atom stereocenters. The van der Waals surface area contributed by atoms with Crippen LogP contribution in [0.4, 0.5) is 0 Å².